The average Bonchev–Trinajstić information content (AvgIpc) is 3.13. The molecule has 0 bridgehead atoms. The molecule has 0 aromatic heterocycles. The van der Waals surface area contributed by atoms with Crippen molar-refractivity contribution in [3.8, 4) is 16.9 Å². The van der Waals surface area contributed by atoms with Crippen molar-refractivity contribution in [1.29, 1.82) is 0 Å². The van der Waals surface area contributed by atoms with Crippen LogP contribution in [0.4, 0.5) is 26.3 Å². The SMILES string of the molecule is CCC1Cc2ccc(-c3ccc(C(F)(F)Oc4cc(F)c(F)c(F)c4)c(F)c3)cc2C1. The summed E-state index contributed by atoms with van der Waals surface area (Å²) in [5.41, 5.74) is 2.43. The molecule has 0 amide bonds. The van der Waals surface area contributed by atoms with Gasteiger partial charge in [-0.2, -0.15) is 8.78 Å². The lowest BCUT2D eigenvalue weighted by Gasteiger charge is -2.19. The minimum absolute atomic E-state index is 0.271. The highest BCUT2D eigenvalue weighted by atomic mass is 19.3. The van der Waals surface area contributed by atoms with E-state index in [2.05, 4.69) is 11.7 Å². The van der Waals surface area contributed by atoms with Gasteiger partial charge in [-0.1, -0.05) is 37.6 Å². The maximum Gasteiger partial charge on any atom is 0.429 e. The molecule has 1 aliphatic carbocycles. The number of alkyl halides is 2. The summed E-state index contributed by atoms with van der Waals surface area (Å²) in [4.78, 5) is 0. The number of fused-ring (bicyclic) bond motifs is 1. The summed E-state index contributed by atoms with van der Waals surface area (Å²) < 4.78 is 87.3. The maximum absolute atomic E-state index is 14.6. The number of benzene rings is 3. The van der Waals surface area contributed by atoms with Crippen molar-refractivity contribution in [2.45, 2.75) is 32.3 Å². The molecular weight excluding hydrogens is 418 g/mol. The van der Waals surface area contributed by atoms with Crippen LogP contribution in [0.25, 0.3) is 11.1 Å². The van der Waals surface area contributed by atoms with Crippen LogP contribution >= 0.6 is 0 Å². The predicted molar refractivity (Wildman–Crippen MR) is 104 cm³/mol. The minimum Gasteiger partial charge on any atom is -0.429 e. The van der Waals surface area contributed by atoms with Gasteiger partial charge in [-0.15, -0.1) is 0 Å². The van der Waals surface area contributed by atoms with Crippen molar-refractivity contribution in [3.05, 3.63) is 88.5 Å². The van der Waals surface area contributed by atoms with Gasteiger partial charge in [0.2, 0.25) is 0 Å². The Hall–Kier alpha value is -2.96. The second-order valence-electron chi connectivity index (χ2n) is 7.68. The second kappa shape index (κ2) is 7.94. The van der Waals surface area contributed by atoms with Crippen LogP contribution in [0.15, 0.2) is 48.5 Å². The first-order chi connectivity index (χ1) is 14.7. The van der Waals surface area contributed by atoms with E-state index in [1.165, 1.54) is 17.2 Å². The third kappa shape index (κ3) is 4.13. The fourth-order valence-electron chi connectivity index (χ4n) is 3.90. The summed E-state index contributed by atoms with van der Waals surface area (Å²) in [6.45, 7) is 2.13. The van der Waals surface area contributed by atoms with E-state index in [1.54, 1.807) is 0 Å². The van der Waals surface area contributed by atoms with Gasteiger partial charge < -0.3 is 4.74 Å². The van der Waals surface area contributed by atoms with Gasteiger partial charge >= 0.3 is 6.11 Å². The van der Waals surface area contributed by atoms with Crippen LogP contribution in [0.3, 0.4) is 0 Å². The van der Waals surface area contributed by atoms with E-state index in [1.807, 2.05) is 18.2 Å². The lowest BCUT2D eigenvalue weighted by atomic mass is 9.99. The molecule has 0 N–H and O–H groups in total. The fourth-order valence-corrected chi connectivity index (χ4v) is 3.90. The molecule has 0 fully saturated rings. The first-order valence-electron chi connectivity index (χ1n) is 9.81. The molecule has 7 heteroatoms. The Labute approximate surface area is 175 Å². The lowest BCUT2D eigenvalue weighted by Crippen LogP contribution is -2.23. The quantitative estimate of drug-likeness (QED) is 0.305. The monoisotopic (exact) mass is 436 g/mol. The molecular formula is C24H18F6O. The van der Waals surface area contributed by atoms with Crippen LogP contribution in [0.5, 0.6) is 5.75 Å². The van der Waals surface area contributed by atoms with Gasteiger partial charge in [0.15, 0.2) is 17.5 Å². The third-order valence-electron chi connectivity index (χ3n) is 5.62. The van der Waals surface area contributed by atoms with Crippen molar-refractivity contribution in [1.82, 2.24) is 0 Å². The topological polar surface area (TPSA) is 9.23 Å². The highest BCUT2D eigenvalue weighted by Crippen LogP contribution is 2.37. The fraction of sp³-hybridized carbons (Fsp3) is 0.250. The molecule has 0 aliphatic heterocycles. The molecule has 1 nitrogen and oxygen atoms in total. The Balaban J connectivity index is 1.60. The van der Waals surface area contributed by atoms with E-state index in [0.29, 0.717) is 17.0 Å². The van der Waals surface area contributed by atoms with Gasteiger partial charge in [-0.05, 0) is 53.1 Å². The van der Waals surface area contributed by atoms with Crippen molar-refractivity contribution in [3.63, 3.8) is 0 Å². The largest absolute Gasteiger partial charge is 0.429 e. The molecule has 1 aliphatic rings. The molecule has 3 aromatic carbocycles. The van der Waals surface area contributed by atoms with Gasteiger partial charge in [0.05, 0.1) is 5.56 Å². The van der Waals surface area contributed by atoms with Gasteiger partial charge in [0.25, 0.3) is 0 Å². The van der Waals surface area contributed by atoms with Crippen LogP contribution in [-0.4, -0.2) is 0 Å². The highest BCUT2D eigenvalue weighted by Gasteiger charge is 2.38. The van der Waals surface area contributed by atoms with Gasteiger partial charge in [0, 0.05) is 12.1 Å². The molecule has 0 saturated carbocycles. The van der Waals surface area contributed by atoms with E-state index in [9.17, 15) is 26.3 Å². The summed E-state index contributed by atoms with van der Waals surface area (Å²) in [7, 11) is 0. The number of halogens is 6. The van der Waals surface area contributed by atoms with E-state index in [0.717, 1.165) is 31.4 Å². The van der Waals surface area contributed by atoms with Crippen LogP contribution in [-0.2, 0) is 19.0 Å². The first kappa shape index (κ1) is 21.3. The Morgan fingerprint density at radius 3 is 2.06 bits per heavy atom. The van der Waals surface area contributed by atoms with Crippen molar-refractivity contribution in [2.24, 2.45) is 5.92 Å². The standard InChI is InChI=1S/C24H18F6O/c1-2-13-7-14-3-4-15(9-17(14)8-13)16-5-6-19(20(25)10-16)24(29,30)31-18-11-21(26)23(28)22(27)12-18/h3-6,9-13H,2,7-8H2,1H3. The zero-order chi connectivity index (χ0) is 22.3. The zero-order valence-electron chi connectivity index (χ0n) is 16.5. The second-order valence-corrected chi connectivity index (χ2v) is 7.68. The first-order valence-corrected chi connectivity index (χ1v) is 9.81. The van der Waals surface area contributed by atoms with Crippen molar-refractivity contribution in [2.75, 3.05) is 0 Å². The van der Waals surface area contributed by atoms with Gasteiger partial charge in [0.1, 0.15) is 11.6 Å². The predicted octanol–water partition coefficient (Wildman–Crippen LogP) is 7.16. The molecule has 0 saturated heterocycles. The Bertz CT molecular complexity index is 1120. The van der Waals surface area contributed by atoms with Gasteiger partial charge in [-0.25, -0.2) is 17.6 Å². The Morgan fingerprint density at radius 2 is 1.42 bits per heavy atom. The third-order valence-corrected chi connectivity index (χ3v) is 5.62. The highest BCUT2D eigenvalue weighted by molar-refractivity contribution is 5.66. The van der Waals surface area contributed by atoms with Crippen LogP contribution < -0.4 is 4.74 Å². The van der Waals surface area contributed by atoms with E-state index >= 15 is 0 Å². The molecule has 0 heterocycles. The average molecular weight is 436 g/mol. The molecule has 31 heavy (non-hydrogen) atoms. The summed E-state index contributed by atoms with van der Waals surface area (Å²) in [5.74, 6) is -6.83. The molecule has 0 radical (unpaired) electrons. The summed E-state index contributed by atoms with van der Waals surface area (Å²) in [6, 6.07) is 9.44. The van der Waals surface area contributed by atoms with Crippen LogP contribution in [0.1, 0.15) is 30.0 Å². The lowest BCUT2D eigenvalue weighted by molar-refractivity contribution is -0.187. The number of hydrogen-bond acceptors (Lipinski definition) is 1. The minimum atomic E-state index is -4.23. The van der Waals surface area contributed by atoms with Gasteiger partial charge in [-0.3, -0.25) is 0 Å². The molecule has 1 unspecified atom stereocenters. The molecule has 162 valence electrons. The molecule has 1 atom stereocenters. The van der Waals surface area contributed by atoms with Crippen molar-refractivity contribution < 1.29 is 31.1 Å². The maximum atomic E-state index is 14.6. The normalized spacial score (nSPS) is 15.8. The van der Waals surface area contributed by atoms with Crippen LogP contribution in [0, 0.1) is 29.2 Å². The van der Waals surface area contributed by atoms with E-state index < -0.39 is 40.7 Å². The molecule has 3 aromatic rings. The van der Waals surface area contributed by atoms with Crippen molar-refractivity contribution >= 4 is 0 Å². The Kier molecular flexibility index (Phi) is 5.45. The zero-order valence-corrected chi connectivity index (χ0v) is 16.5. The summed E-state index contributed by atoms with van der Waals surface area (Å²) in [5, 5.41) is 0. The van der Waals surface area contributed by atoms with Crippen LogP contribution in [0.2, 0.25) is 0 Å². The van der Waals surface area contributed by atoms with E-state index in [4.69, 9.17) is 0 Å². The Morgan fingerprint density at radius 1 is 0.806 bits per heavy atom. The number of hydrogen-bond donors (Lipinski definition) is 0. The number of rotatable bonds is 5. The number of ether oxygens (including phenoxy) is 1. The molecule has 0 spiro atoms. The summed E-state index contributed by atoms with van der Waals surface area (Å²) in [6.07, 6.45) is -1.25. The van der Waals surface area contributed by atoms with E-state index in [-0.39, 0.29) is 12.1 Å². The summed E-state index contributed by atoms with van der Waals surface area (Å²) >= 11 is 0. The molecule has 4 rings (SSSR count). The smallest absolute Gasteiger partial charge is 0.429 e.